The molecule has 1 heterocycles. The number of rotatable bonds is 7. The fraction of sp³-hybridized carbons (Fsp3) is 0.533. The van der Waals surface area contributed by atoms with Crippen molar-refractivity contribution in [2.45, 2.75) is 25.4 Å². The maximum absolute atomic E-state index is 12.0. The number of carbonyl (C=O) groups excluding carboxylic acids is 1. The summed E-state index contributed by atoms with van der Waals surface area (Å²) in [5.74, 6) is 0.0432. The van der Waals surface area contributed by atoms with Crippen LogP contribution in [-0.2, 0) is 22.5 Å². The summed E-state index contributed by atoms with van der Waals surface area (Å²) in [5.41, 5.74) is 2.52. The number of aliphatic hydroxyl groups excluding tert-OH is 1. The minimum atomic E-state index is -0.150. The highest BCUT2D eigenvalue weighted by atomic mass is 16.5. The lowest BCUT2D eigenvalue weighted by Crippen LogP contribution is -2.47. The Morgan fingerprint density at radius 1 is 1.35 bits per heavy atom. The van der Waals surface area contributed by atoms with Gasteiger partial charge in [-0.05, 0) is 24.0 Å². The van der Waals surface area contributed by atoms with Gasteiger partial charge in [0, 0.05) is 19.7 Å². The molecule has 0 fully saturated rings. The number of benzene rings is 1. The van der Waals surface area contributed by atoms with Crippen LogP contribution in [-0.4, -0.2) is 43.4 Å². The third-order valence-corrected chi connectivity index (χ3v) is 3.40. The summed E-state index contributed by atoms with van der Waals surface area (Å²) in [6, 6.07) is 8.06. The van der Waals surface area contributed by atoms with Crippen molar-refractivity contribution in [3.8, 4) is 0 Å². The molecule has 2 rings (SSSR count). The molecule has 20 heavy (non-hydrogen) atoms. The van der Waals surface area contributed by atoms with Gasteiger partial charge in [-0.2, -0.15) is 0 Å². The van der Waals surface area contributed by atoms with Crippen LogP contribution in [0.5, 0.6) is 0 Å². The fourth-order valence-electron chi connectivity index (χ4n) is 2.32. The number of aliphatic hydroxyl groups is 1. The molecule has 1 aliphatic rings. The lowest BCUT2D eigenvalue weighted by Gasteiger charge is -2.25. The average molecular weight is 278 g/mol. The minimum Gasteiger partial charge on any atom is -0.394 e. The molecular weight excluding hydrogens is 256 g/mol. The molecule has 3 N–H and O–H groups in total. The first-order chi connectivity index (χ1) is 9.81. The molecular formula is C15H22N2O3. The van der Waals surface area contributed by atoms with Crippen LogP contribution in [0.1, 0.15) is 17.5 Å². The fourth-order valence-corrected chi connectivity index (χ4v) is 2.32. The monoisotopic (exact) mass is 278 g/mol. The molecule has 1 aliphatic heterocycles. The molecule has 0 spiro atoms. The minimum absolute atomic E-state index is 0.0394. The average Bonchev–Trinajstić information content (AvgIpc) is 2.50. The third-order valence-electron chi connectivity index (χ3n) is 3.40. The predicted octanol–water partition coefficient (Wildman–Crippen LogP) is 0.216. The van der Waals surface area contributed by atoms with Gasteiger partial charge in [0.2, 0.25) is 5.91 Å². The lowest BCUT2D eigenvalue weighted by molar-refractivity contribution is -0.123. The van der Waals surface area contributed by atoms with Crippen molar-refractivity contribution in [2.24, 2.45) is 0 Å². The van der Waals surface area contributed by atoms with Crippen molar-refractivity contribution in [3.05, 3.63) is 35.4 Å². The molecule has 0 unspecified atom stereocenters. The van der Waals surface area contributed by atoms with E-state index in [4.69, 9.17) is 9.84 Å². The highest BCUT2D eigenvalue weighted by Crippen LogP contribution is 2.16. The standard InChI is InChI=1S/C15H22N2O3/c18-7-9-20-8-3-6-16-15(19)14-10-12-4-1-2-5-13(12)11-17-14/h1-2,4-5,14,17-18H,3,6-11H2,(H,16,19)/t14-/m0/s1. The molecule has 0 radical (unpaired) electrons. The Bertz CT molecular complexity index is 437. The van der Waals surface area contributed by atoms with Gasteiger partial charge < -0.3 is 20.5 Å². The molecule has 110 valence electrons. The zero-order valence-corrected chi connectivity index (χ0v) is 11.6. The molecule has 0 saturated heterocycles. The van der Waals surface area contributed by atoms with E-state index in [1.807, 2.05) is 12.1 Å². The van der Waals surface area contributed by atoms with Crippen LogP contribution in [0.2, 0.25) is 0 Å². The second-order valence-electron chi connectivity index (χ2n) is 4.89. The van der Waals surface area contributed by atoms with E-state index in [0.29, 0.717) is 19.8 Å². The number of hydrogen-bond donors (Lipinski definition) is 3. The Hall–Kier alpha value is -1.43. The van der Waals surface area contributed by atoms with Gasteiger partial charge in [0.05, 0.1) is 19.3 Å². The zero-order chi connectivity index (χ0) is 14.2. The smallest absolute Gasteiger partial charge is 0.237 e. The van der Waals surface area contributed by atoms with Crippen molar-refractivity contribution in [3.63, 3.8) is 0 Å². The highest BCUT2D eigenvalue weighted by molar-refractivity contribution is 5.82. The quantitative estimate of drug-likeness (QED) is 0.624. The van der Waals surface area contributed by atoms with Crippen molar-refractivity contribution in [2.75, 3.05) is 26.4 Å². The van der Waals surface area contributed by atoms with E-state index in [-0.39, 0.29) is 18.6 Å². The van der Waals surface area contributed by atoms with Crippen molar-refractivity contribution >= 4 is 5.91 Å². The molecule has 0 bridgehead atoms. The molecule has 5 heteroatoms. The third kappa shape index (κ3) is 4.30. The lowest BCUT2D eigenvalue weighted by atomic mass is 9.95. The Morgan fingerprint density at radius 2 is 2.15 bits per heavy atom. The van der Waals surface area contributed by atoms with Gasteiger partial charge in [0.1, 0.15) is 0 Å². The van der Waals surface area contributed by atoms with Gasteiger partial charge in [-0.3, -0.25) is 4.79 Å². The molecule has 0 aromatic heterocycles. The van der Waals surface area contributed by atoms with E-state index >= 15 is 0 Å². The van der Waals surface area contributed by atoms with E-state index in [1.165, 1.54) is 11.1 Å². The van der Waals surface area contributed by atoms with Crippen LogP contribution in [0.4, 0.5) is 0 Å². The van der Waals surface area contributed by atoms with Crippen LogP contribution in [0.25, 0.3) is 0 Å². The van der Waals surface area contributed by atoms with Crippen molar-refractivity contribution in [1.82, 2.24) is 10.6 Å². The van der Waals surface area contributed by atoms with E-state index in [2.05, 4.69) is 22.8 Å². The Labute approximate surface area is 119 Å². The van der Waals surface area contributed by atoms with E-state index < -0.39 is 0 Å². The van der Waals surface area contributed by atoms with Gasteiger partial charge in [-0.15, -0.1) is 0 Å². The number of carbonyl (C=O) groups is 1. The SMILES string of the molecule is O=C(NCCCOCCO)[C@@H]1Cc2ccccc2CN1. The summed E-state index contributed by atoms with van der Waals surface area (Å²) >= 11 is 0. The summed E-state index contributed by atoms with van der Waals surface area (Å²) < 4.78 is 5.14. The van der Waals surface area contributed by atoms with Crippen LogP contribution in [0.15, 0.2) is 24.3 Å². The second-order valence-corrected chi connectivity index (χ2v) is 4.89. The number of amides is 1. The zero-order valence-electron chi connectivity index (χ0n) is 11.6. The highest BCUT2D eigenvalue weighted by Gasteiger charge is 2.23. The summed E-state index contributed by atoms with van der Waals surface area (Å²) in [7, 11) is 0. The van der Waals surface area contributed by atoms with Crippen LogP contribution in [0.3, 0.4) is 0 Å². The molecule has 5 nitrogen and oxygen atoms in total. The number of ether oxygens (including phenoxy) is 1. The number of fused-ring (bicyclic) bond motifs is 1. The maximum atomic E-state index is 12.0. The van der Waals surface area contributed by atoms with Crippen molar-refractivity contribution in [1.29, 1.82) is 0 Å². The van der Waals surface area contributed by atoms with E-state index in [1.54, 1.807) is 0 Å². The molecule has 1 amide bonds. The number of nitrogens with one attached hydrogen (secondary N) is 2. The first kappa shape index (κ1) is 15.0. The van der Waals surface area contributed by atoms with Gasteiger partial charge in [0.25, 0.3) is 0 Å². The molecule has 0 aliphatic carbocycles. The summed E-state index contributed by atoms with van der Waals surface area (Å²) in [4.78, 5) is 12.0. The van der Waals surface area contributed by atoms with Gasteiger partial charge in [-0.25, -0.2) is 0 Å². The maximum Gasteiger partial charge on any atom is 0.237 e. The molecule has 0 saturated carbocycles. The molecule has 1 aromatic carbocycles. The summed E-state index contributed by atoms with van der Waals surface area (Å²) in [6.45, 7) is 2.30. The molecule has 1 aromatic rings. The van der Waals surface area contributed by atoms with E-state index in [9.17, 15) is 4.79 Å². The van der Waals surface area contributed by atoms with Gasteiger partial charge in [0.15, 0.2) is 0 Å². The molecule has 1 atom stereocenters. The van der Waals surface area contributed by atoms with Crippen molar-refractivity contribution < 1.29 is 14.6 Å². The van der Waals surface area contributed by atoms with Crippen LogP contribution >= 0.6 is 0 Å². The Kier molecular flexibility index (Phi) is 5.98. The van der Waals surface area contributed by atoms with Gasteiger partial charge in [-0.1, -0.05) is 24.3 Å². The number of hydrogen-bond acceptors (Lipinski definition) is 4. The first-order valence-corrected chi connectivity index (χ1v) is 7.07. The second kappa shape index (κ2) is 7.99. The largest absolute Gasteiger partial charge is 0.394 e. The van der Waals surface area contributed by atoms with Crippen LogP contribution < -0.4 is 10.6 Å². The van der Waals surface area contributed by atoms with Gasteiger partial charge >= 0.3 is 0 Å². The Morgan fingerprint density at radius 3 is 2.95 bits per heavy atom. The first-order valence-electron chi connectivity index (χ1n) is 7.07. The normalized spacial score (nSPS) is 17.6. The van der Waals surface area contributed by atoms with E-state index in [0.717, 1.165) is 19.4 Å². The topological polar surface area (TPSA) is 70.6 Å². The Balaban J connectivity index is 1.69. The van der Waals surface area contributed by atoms with Crippen LogP contribution in [0, 0.1) is 0 Å². The summed E-state index contributed by atoms with van der Waals surface area (Å²) in [5, 5.41) is 14.7. The predicted molar refractivity (Wildman–Crippen MR) is 76.3 cm³/mol. The summed E-state index contributed by atoms with van der Waals surface area (Å²) in [6.07, 6.45) is 1.50.